The van der Waals surface area contributed by atoms with Crippen LogP contribution < -0.4 is 16.8 Å². The van der Waals surface area contributed by atoms with Gasteiger partial charge in [-0.05, 0) is 60.7 Å². The Hall–Kier alpha value is -3.69. The van der Waals surface area contributed by atoms with E-state index in [1.54, 1.807) is 73.1 Å². The van der Waals surface area contributed by atoms with Crippen molar-refractivity contribution in [1.29, 1.82) is 0 Å². The first-order chi connectivity index (χ1) is 16.9. The lowest BCUT2D eigenvalue weighted by molar-refractivity contribution is 0.102. The van der Waals surface area contributed by atoms with E-state index in [4.69, 9.17) is 34.7 Å². The largest absolute Gasteiger partial charge is 0.382 e. The average Bonchev–Trinajstić information content (AvgIpc) is 2.86. The van der Waals surface area contributed by atoms with E-state index in [-0.39, 0.29) is 52.1 Å². The first-order valence-electron chi connectivity index (χ1n) is 10.3. The Labute approximate surface area is 235 Å². The molecule has 2 heterocycles. The van der Waals surface area contributed by atoms with E-state index in [1.807, 2.05) is 12.1 Å². The maximum atomic E-state index is 12.8. The summed E-state index contributed by atoms with van der Waals surface area (Å²) >= 11 is 12.7. The molecule has 0 saturated carbocycles. The summed E-state index contributed by atoms with van der Waals surface area (Å²) < 4.78 is 0. The van der Waals surface area contributed by atoms with Crippen molar-refractivity contribution in [3.63, 3.8) is 0 Å². The molecule has 12 heteroatoms. The number of amidine groups is 2. The van der Waals surface area contributed by atoms with Gasteiger partial charge in [-0.3, -0.25) is 14.8 Å². The van der Waals surface area contributed by atoms with Gasteiger partial charge >= 0.3 is 0 Å². The quantitative estimate of drug-likeness (QED) is 0.193. The molecule has 0 unspecified atom stereocenters. The molecule has 8 nitrogen and oxygen atoms in total. The second-order valence-electron chi connectivity index (χ2n) is 7.21. The van der Waals surface area contributed by atoms with E-state index in [9.17, 15) is 4.79 Å². The van der Waals surface area contributed by atoms with Crippen LogP contribution in [0.1, 0.15) is 21.7 Å². The zero-order chi connectivity index (χ0) is 24.8. The van der Waals surface area contributed by atoms with Crippen molar-refractivity contribution >= 4 is 82.7 Å². The van der Waals surface area contributed by atoms with Crippen LogP contribution >= 0.6 is 48.0 Å². The summed E-state index contributed by atoms with van der Waals surface area (Å²) in [6.07, 6.45) is 3.25. The Balaban J connectivity index is 0.00000241. The molecule has 0 atom stereocenters. The van der Waals surface area contributed by atoms with Gasteiger partial charge in [0.05, 0.1) is 32.7 Å². The monoisotopic (exact) mass is 575 g/mol. The molecule has 0 radical (unpaired) electrons. The fourth-order valence-electron chi connectivity index (χ4n) is 3.04. The third-order valence-electron chi connectivity index (χ3n) is 4.75. The van der Waals surface area contributed by atoms with Crippen LogP contribution in [0, 0.1) is 0 Å². The fraction of sp³-hybridized carbons (Fsp3) is 0. The number of amides is 1. The number of carbonyl (C=O) groups excluding carboxylic acids is 1. The minimum atomic E-state index is -0.436. The van der Waals surface area contributed by atoms with Crippen LogP contribution in [-0.2, 0) is 0 Å². The van der Waals surface area contributed by atoms with Crippen molar-refractivity contribution in [2.24, 2.45) is 21.5 Å². The maximum absolute atomic E-state index is 12.8. The smallest absolute Gasteiger partial charge is 0.257 e. The van der Waals surface area contributed by atoms with Crippen molar-refractivity contribution in [2.75, 3.05) is 5.32 Å². The number of benzene rings is 2. The summed E-state index contributed by atoms with van der Waals surface area (Å²) in [7, 11) is 0. The highest BCUT2D eigenvalue weighted by Crippen LogP contribution is 2.29. The van der Waals surface area contributed by atoms with E-state index in [0.29, 0.717) is 28.5 Å². The molecule has 0 aliphatic rings. The Kier molecular flexibility index (Phi) is 10.8. The van der Waals surface area contributed by atoms with Crippen molar-refractivity contribution in [2.45, 2.75) is 0 Å². The van der Waals surface area contributed by atoms with Gasteiger partial charge in [0.1, 0.15) is 23.1 Å². The number of hydrogen-bond acceptors (Lipinski definition) is 5. The molecule has 1 amide bonds. The lowest BCUT2D eigenvalue weighted by Crippen LogP contribution is -2.15. The van der Waals surface area contributed by atoms with Crippen LogP contribution in [0.3, 0.4) is 0 Å². The number of nitrogens with one attached hydrogen (secondary N) is 1. The number of carbonyl (C=O) groups is 1. The van der Waals surface area contributed by atoms with E-state index < -0.39 is 5.91 Å². The number of halogens is 4. The summed E-state index contributed by atoms with van der Waals surface area (Å²) in [5, 5.41) is 3.24. The molecule has 4 aromatic rings. The highest BCUT2D eigenvalue weighted by molar-refractivity contribution is 6.36. The Morgan fingerprint density at radius 3 is 1.70 bits per heavy atom. The van der Waals surface area contributed by atoms with Crippen molar-refractivity contribution in [3.8, 4) is 0 Å². The fourth-order valence-corrected chi connectivity index (χ4v) is 3.53. The number of pyridine rings is 2. The molecule has 2 aromatic heterocycles. The summed E-state index contributed by atoms with van der Waals surface area (Å²) in [5.74, 6) is 0.0446. The molecular formula is C25H21Cl4N7O. The Bertz CT molecular complexity index is 1430. The standard InChI is InChI=1S/C25H19Cl2N7O.2ClH/c26-18-13-15(32-23(28)21-5-1-3-11-30-21)7-9-17(18)25(35)34-20-10-8-16(14-19(20)27)33-24(29)22-6-2-4-12-31-22;;/h1-14H,(H2,28,32)(H2,29,33)(H,34,35);2*1H. The Morgan fingerprint density at radius 2 is 1.24 bits per heavy atom. The topological polar surface area (TPSA) is 132 Å². The second kappa shape index (κ2) is 13.6. The highest BCUT2D eigenvalue weighted by atomic mass is 35.5. The molecule has 0 spiro atoms. The van der Waals surface area contributed by atoms with Gasteiger partial charge in [-0.15, -0.1) is 24.8 Å². The summed E-state index contributed by atoms with van der Waals surface area (Å²) in [5.41, 5.74) is 14.7. The van der Waals surface area contributed by atoms with Gasteiger partial charge in [0.2, 0.25) is 0 Å². The van der Waals surface area contributed by atoms with Gasteiger partial charge in [-0.1, -0.05) is 35.3 Å². The molecule has 0 aliphatic heterocycles. The van der Waals surface area contributed by atoms with Gasteiger partial charge in [-0.25, -0.2) is 9.98 Å². The molecule has 37 heavy (non-hydrogen) atoms. The molecular weight excluding hydrogens is 556 g/mol. The number of anilines is 1. The highest BCUT2D eigenvalue weighted by Gasteiger charge is 2.14. The lowest BCUT2D eigenvalue weighted by atomic mass is 10.2. The number of nitrogens with two attached hydrogens (primary N) is 2. The van der Waals surface area contributed by atoms with Crippen molar-refractivity contribution < 1.29 is 4.79 Å². The van der Waals surface area contributed by atoms with Crippen LogP contribution in [0.2, 0.25) is 10.0 Å². The van der Waals surface area contributed by atoms with Gasteiger partial charge in [-0.2, -0.15) is 0 Å². The Morgan fingerprint density at radius 1 is 0.730 bits per heavy atom. The normalized spacial score (nSPS) is 11.2. The number of aliphatic imine (C=N–C) groups is 2. The summed E-state index contributed by atoms with van der Waals surface area (Å²) in [4.78, 5) is 29.8. The SMILES string of the molecule is Cl.Cl.NC(=Nc1ccc(NC(=O)c2ccc(N=C(N)c3ccccn3)cc2Cl)c(Cl)c1)c1ccccn1. The van der Waals surface area contributed by atoms with E-state index in [0.717, 1.165) is 0 Å². The van der Waals surface area contributed by atoms with Gasteiger partial charge in [0, 0.05) is 12.4 Å². The van der Waals surface area contributed by atoms with Crippen molar-refractivity contribution in [1.82, 2.24) is 9.97 Å². The van der Waals surface area contributed by atoms with E-state index in [1.165, 1.54) is 0 Å². The predicted molar refractivity (Wildman–Crippen MR) is 155 cm³/mol. The average molecular weight is 577 g/mol. The summed E-state index contributed by atoms with van der Waals surface area (Å²) in [6, 6.07) is 20.3. The lowest BCUT2D eigenvalue weighted by Gasteiger charge is -2.10. The predicted octanol–water partition coefficient (Wildman–Crippen LogP) is 5.95. The zero-order valence-electron chi connectivity index (χ0n) is 19.0. The third-order valence-corrected chi connectivity index (χ3v) is 5.38. The molecule has 0 aliphatic carbocycles. The molecule has 0 bridgehead atoms. The molecule has 5 N–H and O–H groups in total. The van der Waals surface area contributed by atoms with Crippen LogP contribution in [0.15, 0.2) is 95.2 Å². The van der Waals surface area contributed by atoms with Crippen LogP contribution in [0.25, 0.3) is 0 Å². The van der Waals surface area contributed by atoms with Gasteiger partial charge < -0.3 is 16.8 Å². The van der Waals surface area contributed by atoms with Crippen LogP contribution in [0.4, 0.5) is 17.1 Å². The molecule has 190 valence electrons. The zero-order valence-corrected chi connectivity index (χ0v) is 22.2. The molecule has 4 rings (SSSR count). The molecule has 0 fully saturated rings. The summed E-state index contributed by atoms with van der Waals surface area (Å²) in [6.45, 7) is 0. The van der Waals surface area contributed by atoms with Crippen molar-refractivity contribution in [3.05, 3.63) is 112 Å². The van der Waals surface area contributed by atoms with E-state index >= 15 is 0 Å². The first kappa shape index (κ1) is 29.5. The first-order valence-corrected chi connectivity index (χ1v) is 11.1. The maximum Gasteiger partial charge on any atom is 0.257 e. The number of nitrogens with zero attached hydrogens (tertiary/aromatic N) is 4. The third kappa shape index (κ3) is 7.65. The van der Waals surface area contributed by atoms with Gasteiger partial charge in [0.15, 0.2) is 0 Å². The number of aromatic nitrogens is 2. The molecule has 2 aromatic carbocycles. The number of hydrogen-bond donors (Lipinski definition) is 3. The van der Waals surface area contributed by atoms with E-state index in [2.05, 4.69) is 25.3 Å². The van der Waals surface area contributed by atoms with Crippen LogP contribution in [-0.4, -0.2) is 27.5 Å². The molecule has 0 saturated heterocycles. The minimum Gasteiger partial charge on any atom is -0.382 e. The number of rotatable bonds is 6. The minimum absolute atomic E-state index is 0. The van der Waals surface area contributed by atoms with Crippen LogP contribution in [0.5, 0.6) is 0 Å². The second-order valence-corrected chi connectivity index (χ2v) is 8.02. The van der Waals surface area contributed by atoms with Gasteiger partial charge in [0.25, 0.3) is 5.91 Å².